The molecule has 0 radical (unpaired) electrons. The number of ether oxygens (including phenoxy) is 2. The SMILES string of the molecule is COc1ccc(Nc2nc(C(=O)OCC(=O)c3ccc(Br)cc3)cs2)cc1. The van der Waals surface area contributed by atoms with Gasteiger partial charge >= 0.3 is 5.97 Å². The Hall–Kier alpha value is -2.71. The minimum Gasteiger partial charge on any atom is -0.497 e. The highest BCUT2D eigenvalue weighted by Gasteiger charge is 2.15. The standard InChI is InChI=1S/C19H15BrN2O4S/c1-25-15-8-6-14(7-9-15)21-19-22-16(11-27-19)18(24)26-10-17(23)12-2-4-13(20)5-3-12/h2-9,11H,10H2,1H3,(H,21,22). The molecular formula is C19H15BrN2O4S. The van der Waals surface area contributed by atoms with Crippen LogP contribution in [0, 0.1) is 0 Å². The van der Waals surface area contributed by atoms with E-state index in [4.69, 9.17) is 9.47 Å². The number of hydrogen-bond donors (Lipinski definition) is 1. The van der Waals surface area contributed by atoms with Gasteiger partial charge in [-0.3, -0.25) is 4.79 Å². The number of halogens is 1. The molecule has 6 nitrogen and oxygen atoms in total. The van der Waals surface area contributed by atoms with Crippen LogP contribution >= 0.6 is 27.3 Å². The lowest BCUT2D eigenvalue weighted by molar-refractivity contribution is 0.0470. The van der Waals surface area contributed by atoms with E-state index in [0.29, 0.717) is 10.7 Å². The molecule has 1 N–H and O–H groups in total. The molecular weight excluding hydrogens is 432 g/mol. The van der Waals surface area contributed by atoms with Gasteiger partial charge in [0.25, 0.3) is 0 Å². The average molecular weight is 447 g/mol. The third-order valence-corrected chi connectivity index (χ3v) is 4.84. The van der Waals surface area contributed by atoms with Crippen LogP contribution in [0.2, 0.25) is 0 Å². The Kier molecular flexibility index (Phi) is 6.20. The van der Waals surface area contributed by atoms with E-state index in [0.717, 1.165) is 15.9 Å². The highest BCUT2D eigenvalue weighted by atomic mass is 79.9. The number of thiazole rings is 1. The smallest absolute Gasteiger partial charge is 0.358 e. The molecule has 0 unspecified atom stereocenters. The van der Waals surface area contributed by atoms with Gasteiger partial charge in [-0.2, -0.15) is 0 Å². The molecule has 0 saturated heterocycles. The van der Waals surface area contributed by atoms with E-state index in [1.807, 2.05) is 24.3 Å². The Morgan fingerprint density at radius 3 is 2.48 bits per heavy atom. The zero-order valence-corrected chi connectivity index (χ0v) is 16.7. The summed E-state index contributed by atoms with van der Waals surface area (Å²) < 4.78 is 11.0. The van der Waals surface area contributed by atoms with Crippen molar-refractivity contribution in [2.75, 3.05) is 19.0 Å². The van der Waals surface area contributed by atoms with Gasteiger partial charge in [0.1, 0.15) is 5.75 Å². The van der Waals surface area contributed by atoms with Crippen molar-refractivity contribution in [3.8, 4) is 5.75 Å². The number of methoxy groups -OCH3 is 1. The number of Topliss-reactive ketones (excluding diaryl/α,β-unsaturated/α-hetero) is 1. The minimum absolute atomic E-state index is 0.152. The molecule has 0 aliphatic carbocycles. The number of hydrogen-bond acceptors (Lipinski definition) is 7. The Morgan fingerprint density at radius 1 is 1.11 bits per heavy atom. The van der Waals surface area contributed by atoms with Crippen LogP contribution in [-0.2, 0) is 4.74 Å². The third kappa shape index (κ3) is 5.15. The molecule has 0 bridgehead atoms. The number of anilines is 2. The molecule has 1 heterocycles. The number of ketones is 1. The van der Waals surface area contributed by atoms with Gasteiger partial charge in [-0.15, -0.1) is 11.3 Å². The number of nitrogens with one attached hydrogen (secondary N) is 1. The van der Waals surface area contributed by atoms with Gasteiger partial charge in [-0.05, 0) is 36.4 Å². The molecule has 0 fully saturated rings. The van der Waals surface area contributed by atoms with Crippen LogP contribution in [0.25, 0.3) is 0 Å². The fourth-order valence-electron chi connectivity index (χ4n) is 2.15. The quantitative estimate of drug-likeness (QED) is 0.418. The van der Waals surface area contributed by atoms with Crippen molar-refractivity contribution in [2.45, 2.75) is 0 Å². The topological polar surface area (TPSA) is 77.5 Å². The molecule has 0 amide bonds. The summed E-state index contributed by atoms with van der Waals surface area (Å²) in [5.74, 6) is -0.165. The van der Waals surface area contributed by atoms with Gasteiger partial charge < -0.3 is 14.8 Å². The molecule has 138 valence electrons. The Labute approximate surface area is 168 Å². The fourth-order valence-corrected chi connectivity index (χ4v) is 3.11. The van der Waals surface area contributed by atoms with Crippen LogP contribution in [0.15, 0.2) is 58.4 Å². The number of carbonyl (C=O) groups is 2. The lowest BCUT2D eigenvalue weighted by Crippen LogP contribution is -2.14. The van der Waals surface area contributed by atoms with Crippen molar-refractivity contribution >= 4 is 49.8 Å². The number of rotatable bonds is 7. The summed E-state index contributed by atoms with van der Waals surface area (Å²) in [6.07, 6.45) is 0. The molecule has 8 heteroatoms. The third-order valence-electron chi connectivity index (χ3n) is 3.56. The number of benzene rings is 2. The van der Waals surface area contributed by atoms with Crippen molar-refractivity contribution in [1.82, 2.24) is 4.98 Å². The summed E-state index contributed by atoms with van der Waals surface area (Å²) in [6, 6.07) is 14.2. The first-order valence-electron chi connectivity index (χ1n) is 7.87. The van der Waals surface area contributed by atoms with Crippen LogP contribution in [0.3, 0.4) is 0 Å². The van der Waals surface area contributed by atoms with Gasteiger partial charge in [0.05, 0.1) is 7.11 Å². The minimum atomic E-state index is -0.639. The highest BCUT2D eigenvalue weighted by Crippen LogP contribution is 2.23. The molecule has 3 aromatic rings. The Bertz CT molecular complexity index is 939. The first kappa shape index (κ1) is 19.1. The first-order chi connectivity index (χ1) is 13.0. The van der Waals surface area contributed by atoms with E-state index in [-0.39, 0.29) is 18.1 Å². The number of nitrogens with zero attached hydrogens (tertiary/aromatic N) is 1. The van der Waals surface area contributed by atoms with E-state index in [2.05, 4.69) is 26.2 Å². The summed E-state index contributed by atoms with van der Waals surface area (Å²) >= 11 is 4.57. The maximum Gasteiger partial charge on any atom is 0.358 e. The molecule has 0 saturated carbocycles. The van der Waals surface area contributed by atoms with Crippen molar-refractivity contribution in [2.24, 2.45) is 0 Å². The van der Waals surface area contributed by atoms with Gasteiger partial charge in [-0.1, -0.05) is 28.1 Å². The molecule has 27 heavy (non-hydrogen) atoms. The number of esters is 1. The number of aromatic nitrogens is 1. The first-order valence-corrected chi connectivity index (χ1v) is 9.55. The second kappa shape index (κ2) is 8.79. The van der Waals surface area contributed by atoms with Crippen LogP contribution < -0.4 is 10.1 Å². The summed E-state index contributed by atoms with van der Waals surface area (Å²) in [6.45, 7) is -0.334. The molecule has 3 rings (SSSR count). The second-order valence-electron chi connectivity index (χ2n) is 5.40. The van der Waals surface area contributed by atoms with Gasteiger partial charge in [-0.25, -0.2) is 9.78 Å². The predicted octanol–water partition coefficient (Wildman–Crippen LogP) is 4.70. The van der Waals surface area contributed by atoms with E-state index >= 15 is 0 Å². The van der Waals surface area contributed by atoms with E-state index in [1.54, 1.807) is 36.8 Å². The normalized spacial score (nSPS) is 10.3. The maximum absolute atomic E-state index is 12.1. The van der Waals surface area contributed by atoms with Crippen molar-refractivity contribution in [1.29, 1.82) is 0 Å². The monoisotopic (exact) mass is 446 g/mol. The van der Waals surface area contributed by atoms with Crippen LogP contribution in [0.5, 0.6) is 5.75 Å². The summed E-state index contributed by atoms with van der Waals surface area (Å²) in [4.78, 5) is 28.4. The zero-order valence-electron chi connectivity index (χ0n) is 14.3. The van der Waals surface area contributed by atoms with Crippen LogP contribution in [0.4, 0.5) is 10.8 Å². The average Bonchev–Trinajstić information content (AvgIpc) is 3.15. The molecule has 2 aromatic carbocycles. The largest absolute Gasteiger partial charge is 0.497 e. The molecule has 1 aromatic heterocycles. The van der Waals surface area contributed by atoms with Gasteiger partial charge in [0.15, 0.2) is 23.2 Å². The van der Waals surface area contributed by atoms with Crippen LogP contribution in [0.1, 0.15) is 20.8 Å². The van der Waals surface area contributed by atoms with Crippen molar-refractivity contribution in [3.05, 3.63) is 69.6 Å². The summed E-state index contributed by atoms with van der Waals surface area (Å²) in [7, 11) is 1.60. The van der Waals surface area contributed by atoms with Crippen molar-refractivity contribution < 1.29 is 19.1 Å². The molecule has 0 aliphatic rings. The molecule has 0 atom stereocenters. The lowest BCUT2D eigenvalue weighted by Gasteiger charge is -2.04. The fraction of sp³-hybridized carbons (Fsp3) is 0.105. The van der Waals surface area contributed by atoms with E-state index in [1.165, 1.54) is 11.3 Å². The number of carbonyl (C=O) groups excluding carboxylic acids is 2. The Morgan fingerprint density at radius 2 is 1.81 bits per heavy atom. The van der Waals surface area contributed by atoms with Gasteiger partial charge in [0, 0.05) is 21.1 Å². The molecule has 0 spiro atoms. The predicted molar refractivity (Wildman–Crippen MR) is 107 cm³/mol. The highest BCUT2D eigenvalue weighted by molar-refractivity contribution is 9.10. The second-order valence-corrected chi connectivity index (χ2v) is 7.17. The van der Waals surface area contributed by atoms with Gasteiger partial charge in [0.2, 0.25) is 0 Å². The Balaban J connectivity index is 1.56. The van der Waals surface area contributed by atoms with Crippen LogP contribution in [-0.4, -0.2) is 30.5 Å². The summed E-state index contributed by atoms with van der Waals surface area (Å²) in [5, 5.41) is 5.23. The zero-order chi connectivity index (χ0) is 19.2. The molecule has 0 aliphatic heterocycles. The van der Waals surface area contributed by atoms with E-state index < -0.39 is 5.97 Å². The van der Waals surface area contributed by atoms with E-state index in [9.17, 15) is 9.59 Å². The lowest BCUT2D eigenvalue weighted by atomic mass is 10.1. The summed E-state index contributed by atoms with van der Waals surface area (Å²) in [5.41, 5.74) is 1.45. The van der Waals surface area contributed by atoms with Crippen molar-refractivity contribution in [3.63, 3.8) is 0 Å². The maximum atomic E-state index is 12.1.